The molecule has 7 nitrogen and oxygen atoms in total. The molecule has 0 radical (unpaired) electrons. The van der Waals surface area contributed by atoms with Crippen LogP contribution in [0.2, 0.25) is 0 Å². The summed E-state index contributed by atoms with van der Waals surface area (Å²) in [6, 6.07) is 10.6. The van der Waals surface area contributed by atoms with E-state index in [1.165, 1.54) is 4.31 Å². The highest BCUT2D eigenvalue weighted by Crippen LogP contribution is 2.31. The van der Waals surface area contributed by atoms with E-state index in [9.17, 15) is 16.8 Å². The molecule has 0 aromatic heterocycles. The van der Waals surface area contributed by atoms with Crippen LogP contribution in [0, 0.1) is 13.8 Å². The third kappa shape index (κ3) is 4.98. The van der Waals surface area contributed by atoms with Crippen LogP contribution in [0.4, 0.5) is 17.1 Å². The first-order chi connectivity index (χ1) is 14.6. The van der Waals surface area contributed by atoms with E-state index in [0.29, 0.717) is 35.5 Å². The molecular weight excluding hydrogens is 434 g/mol. The van der Waals surface area contributed by atoms with E-state index >= 15 is 0 Å². The lowest BCUT2D eigenvalue weighted by Crippen LogP contribution is -2.38. The Balaban J connectivity index is 1.89. The van der Waals surface area contributed by atoms with E-state index < -0.39 is 20.0 Å². The number of benzene rings is 2. The van der Waals surface area contributed by atoms with Crippen molar-refractivity contribution in [2.75, 3.05) is 39.3 Å². The fourth-order valence-corrected chi connectivity index (χ4v) is 7.25. The van der Waals surface area contributed by atoms with Crippen LogP contribution in [0.5, 0.6) is 0 Å². The lowest BCUT2D eigenvalue weighted by Gasteiger charge is -2.29. The van der Waals surface area contributed by atoms with Crippen molar-refractivity contribution < 1.29 is 16.8 Å². The van der Waals surface area contributed by atoms with Gasteiger partial charge in [-0.1, -0.05) is 0 Å². The molecule has 0 saturated carbocycles. The van der Waals surface area contributed by atoms with Crippen molar-refractivity contribution in [1.29, 1.82) is 0 Å². The number of nitrogens with one attached hydrogen (secondary N) is 1. The molecule has 1 aliphatic rings. The molecule has 2 aromatic carbocycles. The molecule has 170 valence electrons. The van der Waals surface area contributed by atoms with Crippen molar-refractivity contribution in [3.63, 3.8) is 0 Å². The van der Waals surface area contributed by atoms with Gasteiger partial charge in [0, 0.05) is 31.0 Å². The minimum atomic E-state index is -3.83. The summed E-state index contributed by atoms with van der Waals surface area (Å²) in [5, 5.41) is 0. The second-order valence-electron chi connectivity index (χ2n) is 7.83. The molecule has 0 atom stereocenters. The molecule has 1 aliphatic heterocycles. The largest absolute Gasteiger partial charge is 0.372 e. The average molecular weight is 466 g/mol. The SMILES string of the molecule is CCN(CC)c1ccc(NS(=O)(=O)c2c(C)cc(N3CCCCS3(=O)=O)cc2C)cc1. The molecule has 9 heteroatoms. The van der Waals surface area contributed by atoms with Crippen molar-refractivity contribution >= 4 is 37.1 Å². The maximum atomic E-state index is 13.1. The number of rotatable bonds is 7. The van der Waals surface area contributed by atoms with Gasteiger partial charge in [0.15, 0.2) is 0 Å². The van der Waals surface area contributed by atoms with E-state index in [1.54, 1.807) is 38.1 Å². The van der Waals surface area contributed by atoms with Crippen molar-refractivity contribution in [2.45, 2.75) is 45.4 Å². The second kappa shape index (κ2) is 9.08. The van der Waals surface area contributed by atoms with Gasteiger partial charge in [0.25, 0.3) is 10.0 Å². The van der Waals surface area contributed by atoms with Crippen LogP contribution in [0.15, 0.2) is 41.3 Å². The fourth-order valence-electron chi connectivity index (χ4n) is 4.11. The number of sulfonamides is 2. The third-order valence-corrected chi connectivity index (χ3v) is 9.15. The number of aryl methyl sites for hydroxylation is 2. The Labute approximate surface area is 186 Å². The molecule has 0 spiro atoms. The van der Waals surface area contributed by atoms with Gasteiger partial charge in [-0.3, -0.25) is 9.03 Å². The summed E-state index contributed by atoms with van der Waals surface area (Å²) in [5.41, 5.74) is 3.08. The van der Waals surface area contributed by atoms with Crippen LogP contribution < -0.4 is 13.9 Å². The van der Waals surface area contributed by atoms with Gasteiger partial charge in [-0.05, 0) is 88.1 Å². The predicted molar refractivity (Wildman–Crippen MR) is 127 cm³/mol. The van der Waals surface area contributed by atoms with Gasteiger partial charge in [-0.25, -0.2) is 16.8 Å². The minimum absolute atomic E-state index is 0.121. The number of anilines is 3. The lowest BCUT2D eigenvalue weighted by atomic mass is 10.1. The molecule has 2 aromatic rings. The zero-order chi connectivity index (χ0) is 22.8. The fraction of sp³-hybridized carbons (Fsp3) is 0.455. The summed E-state index contributed by atoms with van der Waals surface area (Å²) >= 11 is 0. The monoisotopic (exact) mass is 465 g/mol. The van der Waals surface area contributed by atoms with E-state index in [-0.39, 0.29) is 10.6 Å². The van der Waals surface area contributed by atoms with Crippen LogP contribution in [-0.4, -0.2) is 42.2 Å². The van der Waals surface area contributed by atoms with Crippen LogP contribution in [0.1, 0.15) is 37.8 Å². The Morgan fingerprint density at radius 1 is 1.00 bits per heavy atom. The van der Waals surface area contributed by atoms with Gasteiger partial charge in [-0.15, -0.1) is 0 Å². The highest BCUT2D eigenvalue weighted by Gasteiger charge is 2.28. The van der Waals surface area contributed by atoms with Crippen LogP contribution >= 0.6 is 0 Å². The van der Waals surface area contributed by atoms with Gasteiger partial charge in [0.2, 0.25) is 10.0 Å². The summed E-state index contributed by atoms with van der Waals surface area (Å²) in [6.45, 7) is 9.72. The van der Waals surface area contributed by atoms with Crippen LogP contribution in [-0.2, 0) is 20.0 Å². The Morgan fingerprint density at radius 2 is 1.58 bits per heavy atom. The predicted octanol–water partition coefficient (Wildman–Crippen LogP) is 3.88. The summed E-state index contributed by atoms with van der Waals surface area (Å²) in [6.07, 6.45) is 1.45. The molecule has 0 aliphatic carbocycles. The van der Waals surface area contributed by atoms with Crippen molar-refractivity contribution in [2.24, 2.45) is 0 Å². The van der Waals surface area contributed by atoms with Crippen molar-refractivity contribution in [3.05, 3.63) is 47.5 Å². The summed E-state index contributed by atoms with van der Waals surface area (Å²) < 4.78 is 55.2. The van der Waals surface area contributed by atoms with E-state index in [4.69, 9.17) is 0 Å². The minimum Gasteiger partial charge on any atom is -0.372 e. The molecule has 1 N–H and O–H groups in total. The first-order valence-corrected chi connectivity index (χ1v) is 13.7. The zero-order valence-electron chi connectivity index (χ0n) is 18.6. The van der Waals surface area contributed by atoms with Crippen LogP contribution in [0.25, 0.3) is 0 Å². The van der Waals surface area contributed by atoms with Crippen molar-refractivity contribution in [3.8, 4) is 0 Å². The Kier molecular flexibility index (Phi) is 6.85. The molecule has 1 fully saturated rings. The number of nitrogens with zero attached hydrogens (tertiary/aromatic N) is 2. The van der Waals surface area contributed by atoms with Gasteiger partial charge < -0.3 is 4.90 Å². The Bertz CT molecular complexity index is 1120. The summed E-state index contributed by atoms with van der Waals surface area (Å²) in [4.78, 5) is 2.36. The summed E-state index contributed by atoms with van der Waals surface area (Å²) in [5.74, 6) is 0.121. The van der Waals surface area contributed by atoms with E-state index in [1.807, 2.05) is 12.1 Å². The molecule has 1 heterocycles. The molecule has 0 unspecified atom stereocenters. The smallest absolute Gasteiger partial charge is 0.262 e. The molecule has 1 saturated heterocycles. The standard InChI is InChI=1S/C22H31N3O4S2/c1-5-24(6-2)20-11-9-19(10-12-20)23-31(28,29)22-17(3)15-21(16-18(22)4)25-13-7-8-14-30(25,26)27/h9-12,15-16,23H,5-8,13-14H2,1-4H3. The molecule has 0 bridgehead atoms. The zero-order valence-corrected chi connectivity index (χ0v) is 20.2. The Hall–Kier alpha value is -2.26. The molecule has 3 rings (SSSR count). The third-order valence-electron chi connectivity index (χ3n) is 5.60. The number of hydrogen-bond donors (Lipinski definition) is 1. The second-order valence-corrected chi connectivity index (χ2v) is 11.5. The van der Waals surface area contributed by atoms with Gasteiger partial charge in [-0.2, -0.15) is 0 Å². The van der Waals surface area contributed by atoms with Gasteiger partial charge in [0.05, 0.1) is 16.3 Å². The van der Waals surface area contributed by atoms with E-state index in [2.05, 4.69) is 23.5 Å². The number of hydrogen-bond acceptors (Lipinski definition) is 5. The van der Waals surface area contributed by atoms with Gasteiger partial charge in [0.1, 0.15) is 0 Å². The highest BCUT2D eigenvalue weighted by molar-refractivity contribution is 7.93. The maximum Gasteiger partial charge on any atom is 0.262 e. The maximum absolute atomic E-state index is 13.1. The first kappa shape index (κ1) is 23.4. The molecule has 0 amide bonds. The van der Waals surface area contributed by atoms with Crippen LogP contribution in [0.3, 0.4) is 0 Å². The van der Waals surface area contributed by atoms with Gasteiger partial charge >= 0.3 is 0 Å². The van der Waals surface area contributed by atoms with Crippen molar-refractivity contribution in [1.82, 2.24) is 0 Å². The quantitative estimate of drug-likeness (QED) is 0.671. The lowest BCUT2D eigenvalue weighted by molar-refractivity contribution is 0.574. The molecular formula is C22H31N3O4S2. The van der Waals surface area contributed by atoms with E-state index in [0.717, 1.165) is 25.2 Å². The normalized spacial score (nSPS) is 16.2. The molecule has 31 heavy (non-hydrogen) atoms. The first-order valence-electron chi connectivity index (χ1n) is 10.6. The average Bonchev–Trinajstić information content (AvgIpc) is 2.68. The highest BCUT2D eigenvalue weighted by atomic mass is 32.2. The topological polar surface area (TPSA) is 86.8 Å². The summed E-state index contributed by atoms with van der Waals surface area (Å²) in [7, 11) is -7.19. The Morgan fingerprint density at radius 3 is 2.10 bits per heavy atom.